The number of hydrogen-bond acceptors (Lipinski definition) is 4. The van der Waals surface area contributed by atoms with Crippen LogP contribution in [0.25, 0.3) is 0 Å². The second-order valence-electron chi connectivity index (χ2n) is 4.95. The minimum absolute atomic E-state index is 0.0131. The molecule has 2 rings (SSSR count). The van der Waals surface area contributed by atoms with Gasteiger partial charge in [0, 0.05) is 29.5 Å². The van der Waals surface area contributed by atoms with Crippen LogP contribution in [0.15, 0.2) is 23.1 Å². The minimum Gasteiger partial charge on any atom is -0.375 e. The molecular formula is C15H21NO2S. The van der Waals surface area contributed by atoms with Crippen LogP contribution in [0, 0.1) is 12.8 Å². The lowest BCUT2D eigenvalue weighted by Gasteiger charge is -2.28. The molecule has 0 radical (unpaired) electrons. The van der Waals surface area contributed by atoms with Crippen molar-refractivity contribution in [3.63, 3.8) is 0 Å². The molecule has 19 heavy (non-hydrogen) atoms. The Balaban J connectivity index is 2.14. The summed E-state index contributed by atoms with van der Waals surface area (Å²) in [5, 5.41) is 3.27. The fraction of sp³-hybridized carbons (Fsp3) is 0.533. The van der Waals surface area contributed by atoms with Crippen molar-refractivity contribution >= 4 is 17.5 Å². The molecule has 1 saturated heterocycles. The molecule has 0 bridgehead atoms. The van der Waals surface area contributed by atoms with E-state index in [1.54, 1.807) is 11.8 Å². The first kappa shape index (κ1) is 14.6. The van der Waals surface area contributed by atoms with Gasteiger partial charge in [0.15, 0.2) is 5.78 Å². The molecule has 2 atom stereocenters. The Morgan fingerprint density at radius 3 is 2.89 bits per heavy atom. The Labute approximate surface area is 119 Å². The molecule has 1 aliphatic heterocycles. The van der Waals surface area contributed by atoms with Gasteiger partial charge in [0.2, 0.25) is 0 Å². The largest absolute Gasteiger partial charge is 0.375 e. The first-order chi connectivity index (χ1) is 9.13. The lowest BCUT2D eigenvalue weighted by molar-refractivity contribution is -0.000157. The van der Waals surface area contributed by atoms with E-state index in [1.807, 2.05) is 32.2 Å². The lowest BCUT2D eigenvalue weighted by Crippen LogP contribution is -2.44. The van der Waals surface area contributed by atoms with E-state index in [2.05, 4.69) is 11.4 Å². The topological polar surface area (TPSA) is 38.3 Å². The molecule has 0 spiro atoms. The molecule has 1 aliphatic rings. The number of ketones is 1. The number of Topliss-reactive ketones (excluding diaryl/α,β-unsaturated/α-hetero) is 1. The first-order valence-electron chi connectivity index (χ1n) is 6.64. The van der Waals surface area contributed by atoms with Crippen molar-refractivity contribution in [3.8, 4) is 0 Å². The molecule has 3 nitrogen and oxygen atoms in total. The second kappa shape index (κ2) is 6.55. The summed E-state index contributed by atoms with van der Waals surface area (Å²) in [6.07, 6.45) is 2.03. The van der Waals surface area contributed by atoms with E-state index in [9.17, 15) is 4.79 Å². The van der Waals surface area contributed by atoms with Crippen LogP contribution in [-0.2, 0) is 4.74 Å². The minimum atomic E-state index is -0.105. The average molecular weight is 279 g/mol. The third kappa shape index (κ3) is 3.38. The summed E-state index contributed by atoms with van der Waals surface area (Å²) in [6.45, 7) is 6.28. The normalized spacial score (nSPS) is 21.1. The quantitative estimate of drug-likeness (QED) is 0.679. The zero-order valence-corrected chi connectivity index (χ0v) is 12.5. The molecule has 0 amide bonds. The van der Waals surface area contributed by atoms with Crippen LogP contribution in [-0.4, -0.2) is 37.8 Å². The van der Waals surface area contributed by atoms with E-state index >= 15 is 0 Å². The average Bonchev–Trinajstić information content (AvgIpc) is 2.46. The molecule has 0 saturated carbocycles. The standard InChI is InChI=1S/C15H21NO2S/c1-10-8-12(19-3)4-5-13(10)15(17)11(2)14-9-16-6-7-18-14/h4-5,8,11,14,16H,6-7,9H2,1-3H3. The zero-order valence-electron chi connectivity index (χ0n) is 11.7. The van der Waals surface area contributed by atoms with Crippen molar-refractivity contribution in [2.24, 2.45) is 5.92 Å². The lowest BCUT2D eigenvalue weighted by atomic mass is 9.91. The Kier molecular flexibility index (Phi) is 5.02. The summed E-state index contributed by atoms with van der Waals surface area (Å²) >= 11 is 1.69. The predicted octanol–water partition coefficient (Wildman–Crippen LogP) is 2.52. The highest BCUT2D eigenvalue weighted by Crippen LogP contribution is 2.23. The van der Waals surface area contributed by atoms with Crippen LogP contribution in [0.5, 0.6) is 0 Å². The third-order valence-corrected chi connectivity index (χ3v) is 4.35. The van der Waals surface area contributed by atoms with Gasteiger partial charge >= 0.3 is 0 Å². The maximum absolute atomic E-state index is 12.5. The van der Waals surface area contributed by atoms with E-state index < -0.39 is 0 Å². The van der Waals surface area contributed by atoms with Crippen LogP contribution < -0.4 is 5.32 Å². The predicted molar refractivity (Wildman–Crippen MR) is 79.1 cm³/mol. The molecule has 1 heterocycles. The van der Waals surface area contributed by atoms with Gasteiger partial charge in [0.25, 0.3) is 0 Å². The Morgan fingerprint density at radius 2 is 2.32 bits per heavy atom. The molecule has 4 heteroatoms. The maximum Gasteiger partial charge on any atom is 0.168 e. The van der Waals surface area contributed by atoms with E-state index in [0.29, 0.717) is 6.61 Å². The number of carbonyl (C=O) groups is 1. The van der Waals surface area contributed by atoms with Crippen molar-refractivity contribution in [1.82, 2.24) is 5.32 Å². The Morgan fingerprint density at radius 1 is 1.53 bits per heavy atom. The summed E-state index contributed by atoms with van der Waals surface area (Å²) in [5.41, 5.74) is 1.87. The SMILES string of the molecule is CSc1ccc(C(=O)C(C)C2CNCCO2)c(C)c1. The van der Waals surface area contributed by atoms with Crippen LogP contribution in [0.3, 0.4) is 0 Å². The maximum atomic E-state index is 12.5. The number of morpholine rings is 1. The molecule has 1 N–H and O–H groups in total. The number of thioether (sulfide) groups is 1. The van der Waals surface area contributed by atoms with Gasteiger partial charge in [-0.1, -0.05) is 13.0 Å². The molecule has 2 unspecified atom stereocenters. The van der Waals surface area contributed by atoms with Crippen molar-refractivity contribution in [3.05, 3.63) is 29.3 Å². The monoisotopic (exact) mass is 279 g/mol. The van der Waals surface area contributed by atoms with Gasteiger partial charge in [-0.25, -0.2) is 0 Å². The number of benzene rings is 1. The van der Waals surface area contributed by atoms with E-state index in [-0.39, 0.29) is 17.8 Å². The summed E-state index contributed by atoms with van der Waals surface area (Å²) in [4.78, 5) is 13.7. The van der Waals surface area contributed by atoms with Crippen molar-refractivity contribution in [2.75, 3.05) is 26.0 Å². The number of ether oxygens (including phenoxy) is 1. The number of carbonyl (C=O) groups excluding carboxylic acids is 1. The smallest absolute Gasteiger partial charge is 0.168 e. The van der Waals surface area contributed by atoms with Crippen molar-refractivity contribution in [2.45, 2.75) is 24.8 Å². The van der Waals surface area contributed by atoms with Gasteiger partial charge in [-0.15, -0.1) is 11.8 Å². The van der Waals surface area contributed by atoms with Crippen molar-refractivity contribution < 1.29 is 9.53 Å². The fourth-order valence-corrected chi connectivity index (χ4v) is 2.86. The van der Waals surface area contributed by atoms with Crippen molar-refractivity contribution in [1.29, 1.82) is 0 Å². The number of hydrogen-bond donors (Lipinski definition) is 1. The molecule has 1 aromatic rings. The van der Waals surface area contributed by atoms with Gasteiger partial charge < -0.3 is 10.1 Å². The first-order valence-corrected chi connectivity index (χ1v) is 7.87. The molecule has 1 fully saturated rings. The van der Waals surface area contributed by atoms with E-state index in [4.69, 9.17) is 4.74 Å². The van der Waals surface area contributed by atoms with Crippen LogP contribution in [0.2, 0.25) is 0 Å². The van der Waals surface area contributed by atoms with Crippen LogP contribution in [0.1, 0.15) is 22.8 Å². The summed E-state index contributed by atoms with van der Waals surface area (Å²) in [6, 6.07) is 6.03. The van der Waals surface area contributed by atoms with Gasteiger partial charge in [-0.05, 0) is 30.9 Å². The number of rotatable bonds is 4. The highest BCUT2D eigenvalue weighted by molar-refractivity contribution is 7.98. The zero-order chi connectivity index (χ0) is 13.8. The number of aryl methyl sites for hydroxylation is 1. The Bertz CT molecular complexity index is 455. The van der Waals surface area contributed by atoms with Crippen LogP contribution >= 0.6 is 11.8 Å². The van der Waals surface area contributed by atoms with Gasteiger partial charge in [0.05, 0.1) is 12.7 Å². The molecule has 1 aromatic carbocycles. The third-order valence-electron chi connectivity index (χ3n) is 3.63. The van der Waals surface area contributed by atoms with Gasteiger partial charge in [-0.2, -0.15) is 0 Å². The highest BCUT2D eigenvalue weighted by atomic mass is 32.2. The fourth-order valence-electron chi connectivity index (χ4n) is 2.36. The molecule has 104 valence electrons. The summed E-state index contributed by atoms with van der Waals surface area (Å²) < 4.78 is 5.68. The van der Waals surface area contributed by atoms with Gasteiger partial charge in [0.1, 0.15) is 0 Å². The van der Waals surface area contributed by atoms with E-state index in [1.165, 1.54) is 4.90 Å². The second-order valence-corrected chi connectivity index (χ2v) is 5.83. The Hall–Kier alpha value is -0.840. The van der Waals surface area contributed by atoms with Crippen LogP contribution in [0.4, 0.5) is 0 Å². The van der Waals surface area contributed by atoms with E-state index in [0.717, 1.165) is 24.2 Å². The highest BCUT2D eigenvalue weighted by Gasteiger charge is 2.27. The number of nitrogens with one attached hydrogen (secondary N) is 1. The summed E-state index contributed by atoms with van der Waals surface area (Å²) in [5.74, 6) is 0.0745. The molecule has 0 aliphatic carbocycles. The molecular weight excluding hydrogens is 258 g/mol. The molecule has 0 aromatic heterocycles. The summed E-state index contributed by atoms with van der Waals surface area (Å²) in [7, 11) is 0. The van der Waals surface area contributed by atoms with Gasteiger partial charge in [-0.3, -0.25) is 4.79 Å².